The fourth-order valence-electron chi connectivity index (χ4n) is 1.10. The van der Waals surface area contributed by atoms with Crippen molar-refractivity contribution in [1.82, 2.24) is 5.06 Å². The molecule has 17 heavy (non-hydrogen) atoms. The van der Waals surface area contributed by atoms with Crippen LogP contribution in [-0.2, 0) is 26.3 Å². The number of nitrogens with two attached hydrogens (primary N) is 1. The van der Waals surface area contributed by atoms with Crippen LogP contribution in [0.25, 0.3) is 0 Å². The molecule has 0 aromatic heterocycles. The number of hydrogen-bond acceptors (Lipinski definition) is 4. The second-order valence-corrected chi connectivity index (χ2v) is 5.11. The van der Waals surface area contributed by atoms with Gasteiger partial charge in [0.25, 0.3) is 0 Å². The highest BCUT2D eigenvalue weighted by Crippen LogP contribution is 2.01. The molecule has 0 atom stereocenters. The van der Waals surface area contributed by atoms with Crippen LogP contribution in [0.4, 0.5) is 0 Å². The van der Waals surface area contributed by atoms with Gasteiger partial charge < -0.3 is 0 Å². The Hall–Kier alpha value is -1.44. The number of amides is 1. The summed E-state index contributed by atoms with van der Waals surface area (Å²) in [5.41, 5.74) is 0.884. The molecule has 0 aliphatic carbocycles. The van der Waals surface area contributed by atoms with Gasteiger partial charge in [0, 0.05) is 0 Å². The maximum absolute atomic E-state index is 10.7. The van der Waals surface area contributed by atoms with E-state index in [0.29, 0.717) is 6.41 Å². The highest BCUT2D eigenvalue weighted by atomic mass is 32.2. The number of rotatable bonds is 7. The van der Waals surface area contributed by atoms with Gasteiger partial charge in [-0.1, -0.05) is 30.3 Å². The number of nitrogens with zero attached hydrogens (tertiary/aromatic N) is 1. The van der Waals surface area contributed by atoms with Gasteiger partial charge in [-0.15, -0.1) is 0 Å². The summed E-state index contributed by atoms with van der Waals surface area (Å²) in [6.45, 7) is 0.110. The Morgan fingerprint density at radius 3 is 2.47 bits per heavy atom. The summed E-state index contributed by atoms with van der Waals surface area (Å²) in [7, 11) is -3.59. The van der Waals surface area contributed by atoms with Crippen molar-refractivity contribution in [2.75, 3.05) is 12.3 Å². The van der Waals surface area contributed by atoms with Crippen molar-refractivity contribution in [2.24, 2.45) is 5.14 Å². The molecular formula is C10H14N2O4S. The lowest BCUT2D eigenvalue weighted by Crippen LogP contribution is -2.31. The van der Waals surface area contributed by atoms with Gasteiger partial charge in [-0.05, 0) is 5.56 Å². The maximum atomic E-state index is 10.7. The topological polar surface area (TPSA) is 89.7 Å². The first kappa shape index (κ1) is 13.6. The molecule has 6 nitrogen and oxygen atoms in total. The predicted molar refractivity (Wildman–Crippen MR) is 62.0 cm³/mol. The highest BCUT2D eigenvalue weighted by Gasteiger charge is 2.08. The summed E-state index contributed by atoms with van der Waals surface area (Å²) in [4.78, 5) is 15.7. The largest absolute Gasteiger partial charge is 0.276 e. The van der Waals surface area contributed by atoms with E-state index in [9.17, 15) is 13.2 Å². The molecule has 1 amide bonds. The van der Waals surface area contributed by atoms with E-state index in [-0.39, 0.29) is 18.9 Å². The van der Waals surface area contributed by atoms with Crippen molar-refractivity contribution in [2.45, 2.75) is 6.61 Å². The molecule has 0 saturated carbocycles. The lowest BCUT2D eigenvalue weighted by molar-refractivity contribution is -0.175. The van der Waals surface area contributed by atoms with Gasteiger partial charge in [0.15, 0.2) is 0 Å². The molecular weight excluding hydrogens is 244 g/mol. The molecule has 1 aromatic carbocycles. The summed E-state index contributed by atoms with van der Waals surface area (Å²) in [6, 6.07) is 9.22. The second kappa shape index (κ2) is 6.33. The van der Waals surface area contributed by atoms with E-state index in [1.165, 1.54) is 0 Å². The zero-order valence-electron chi connectivity index (χ0n) is 9.15. The van der Waals surface area contributed by atoms with Crippen molar-refractivity contribution in [3.05, 3.63) is 35.9 Å². The molecule has 0 spiro atoms. The van der Waals surface area contributed by atoms with E-state index >= 15 is 0 Å². The Balaban J connectivity index is 2.40. The minimum absolute atomic E-state index is 0.0881. The van der Waals surface area contributed by atoms with Crippen LogP contribution >= 0.6 is 0 Å². The highest BCUT2D eigenvalue weighted by molar-refractivity contribution is 7.89. The third kappa shape index (κ3) is 6.00. The molecule has 0 bridgehead atoms. The SMILES string of the molecule is NS(=O)(=O)CCN(C=O)OCc1ccccc1. The number of carbonyl (C=O) groups is 1. The minimum Gasteiger partial charge on any atom is -0.276 e. The second-order valence-electron chi connectivity index (χ2n) is 3.37. The molecule has 0 saturated heterocycles. The average molecular weight is 258 g/mol. The first-order valence-corrected chi connectivity index (χ1v) is 6.62. The van der Waals surface area contributed by atoms with Crippen LogP contribution in [0, 0.1) is 0 Å². The smallest absolute Gasteiger partial charge is 0.233 e. The van der Waals surface area contributed by atoms with Gasteiger partial charge in [-0.25, -0.2) is 18.6 Å². The van der Waals surface area contributed by atoms with Gasteiger partial charge in [0.2, 0.25) is 16.4 Å². The van der Waals surface area contributed by atoms with Crippen LogP contribution in [-0.4, -0.2) is 32.2 Å². The molecule has 0 heterocycles. The Kier molecular flexibility index (Phi) is 5.08. The first-order chi connectivity index (χ1) is 8.01. The van der Waals surface area contributed by atoms with Gasteiger partial charge in [0.05, 0.1) is 12.3 Å². The van der Waals surface area contributed by atoms with Crippen LogP contribution in [0.5, 0.6) is 0 Å². The van der Waals surface area contributed by atoms with E-state index in [4.69, 9.17) is 9.98 Å². The van der Waals surface area contributed by atoms with Gasteiger partial charge in [0.1, 0.15) is 6.61 Å². The van der Waals surface area contributed by atoms with Crippen LogP contribution in [0.3, 0.4) is 0 Å². The average Bonchev–Trinajstić information content (AvgIpc) is 2.29. The van der Waals surface area contributed by atoms with Crippen LogP contribution in [0.2, 0.25) is 0 Å². The number of primary sulfonamides is 1. The van der Waals surface area contributed by atoms with E-state index in [1.54, 1.807) is 0 Å². The molecule has 0 aliphatic rings. The Bertz CT molecular complexity index is 447. The molecule has 0 fully saturated rings. The Morgan fingerprint density at radius 2 is 1.94 bits per heavy atom. The van der Waals surface area contributed by atoms with Gasteiger partial charge >= 0.3 is 0 Å². The number of sulfonamides is 1. The number of carbonyl (C=O) groups excluding carboxylic acids is 1. The van der Waals surface area contributed by atoms with Gasteiger partial charge in [-0.3, -0.25) is 9.63 Å². The third-order valence-electron chi connectivity index (χ3n) is 1.95. The normalized spacial score (nSPS) is 11.1. The lowest BCUT2D eigenvalue weighted by atomic mass is 10.2. The van der Waals surface area contributed by atoms with E-state index in [2.05, 4.69) is 0 Å². The zero-order chi connectivity index (χ0) is 12.7. The minimum atomic E-state index is -3.59. The fraction of sp³-hybridized carbons (Fsp3) is 0.300. The predicted octanol–water partition coefficient (Wildman–Crippen LogP) is -0.135. The van der Waals surface area contributed by atoms with Crippen molar-refractivity contribution in [1.29, 1.82) is 0 Å². The number of benzene rings is 1. The quantitative estimate of drug-likeness (QED) is 0.544. The Morgan fingerprint density at radius 1 is 1.29 bits per heavy atom. The van der Waals surface area contributed by atoms with Crippen LogP contribution in [0.1, 0.15) is 5.56 Å². The molecule has 0 unspecified atom stereocenters. The van der Waals surface area contributed by atoms with E-state index in [1.807, 2.05) is 30.3 Å². The first-order valence-electron chi connectivity index (χ1n) is 4.90. The molecule has 0 aliphatic heterocycles. The number of hydroxylamine groups is 2. The van der Waals surface area contributed by atoms with E-state index in [0.717, 1.165) is 10.6 Å². The summed E-state index contributed by atoms with van der Waals surface area (Å²) >= 11 is 0. The van der Waals surface area contributed by atoms with Crippen molar-refractivity contribution >= 4 is 16.4 Å². The summed E-state index contributed by atoms with van der Waals surface area (Å²) in [6.07, 6.45) is 0.425. The van der Waals surface area contributed by atoms with Crippen LogP contribution in [0.15, 0.2) is 30.3 Å². The monoisotopic (exact) mass is 258 g/mol. The summed E-state index contributed by atoms with van der Waals surface area (Å²) in [5.74, 6) is -0.333. The molecule has 94 valence electrons. The van der Waals surface area contributed by atoms with Crippen molar-refractivity contribution in [3.63, 3.8) is 0 Å². The van der Waals surface area contributed by atoms with Crippen molar-refractivity contribution in [3.8, 4) is 0 Å². The Labute approximate surface area is 100.0 Å². The standard InChI is InChI=1S/C10H14N2O4S/c11-17(14,15)7-6-12(9-13)16-8-10-4-2-1-3-5-10/h1-5,9H,6-8H2,(H2,11,14,15). The summed E-state index contributed by atoms with van der Waals surface area (Å²) in [5, 5.41) is 5.73. The van der Waals surface area contributed by atoms with E-state index < -0.39 is 10.0 Å². The maximum Gasteiger partial charge on any atom is 0.233 e. The molecule has 7 heteroatoms. The van der Waals surface area contributed by atoms with Gasteiger partial charge in [-0.2, -0.15) is 0 Å². The van der Waals surface area contributed by atoms with Crippen LogP contribution < -0.4 is 5.14 Å². The third-order valence-corrected chi connectivity index (χ3v) is 2.71. The molecule has 1 aromatic rings. The van der Waals surface area contributed by atoms with Crippen molar-refractivity contribution < 1.29 is 18.0 Å². The number of hydrogen-bond donors (Lipinski definition) is 1. The zero-order valence-corrected chi connectivity index (χ0v) is 9.97. The lowest BCUT2D eigenvalue weighted by Gasteiger charge is -2.16. The molecule has 1 rings (SSSR count). The molecule has 0 radical (unpaired) electrons. The fourth-order valence-corrected chi connectivity index (χ4v) is 1.53. The summed E-state index contributed by atoms with van der Waals surface area (Å²) < 4.78 is 21.4. The molecule has 2 N–H and O–H groups in total.